The Morgan fingerprint density at radius 3 is 2.56 bits per heavy atom. The Morgan fingerprint density at radius 1 is 1.00 bits per heavy atom. The molecule has 4 aliphatic rings. The molecule has 0 aliphatic carbocycles. The Labute approximate surface area is 258 Å². The normalized spacial score (nSPS) is 22.0. The zero-order chi connectivity index (χ0) is 31.6. The molecule has 0 saturated carbocycles. The van der Waals surface area contributed by atoms with Crippen LogP contribution in [0.4, 0.5) is 11.4 Å². The summed E-state index contributed by atoms with van der Waals surface area (Å²) in [7, 11) is 2.98. The van der Waals surface area contributed by atoms with Crippen LogP contribution in [0.1, 0.15) is 63.3 Å². The van der Waals surface area contributed by atoms with Crippen molar-refractivity contribution in [1.82, 2.24) is 14.4 Å². The number of benzene rings is 2. The maximum absolute atomic E-state index is 13.9. The van der Waals surface area contributed by atoms with Gasteiger partial charge in [0.25, 0.3) is 11.8 Å². The number of methoxy groups -OCH3 is 2. The van der Waals surface area contributed by atoms with Crippen LogP contribution in [0.25, 0.3) is 0 Å². The first-order valence-electron chi connectivity index (χ1n) is 15.0. The largest absolute Gasteiger partial charge is 0.595 e. The van der Waals surface area contributed by atoms with Crippen LogP contribution < -0.4 is 25.2 Å². The summed E-state index contributed by atoms with van der Waals surface area (Å²) < 4.78 is 12.6. The number of pyridine rings is 1. The second kappa shape index (κ2) is 11.0. The lowest BCUT2D eigenvalue weighted by atomic mass is 9.83. The number of rotatable bonds is 7. The van der Waals surface area contributed by atoms with Crippen LogP contribution in [-0.2, 0) is 11.3 Å². The van der Waals surface area contributed by atoms with Crippen molar-refractivity contribution in [3.8, 4) is 11.5 Å². The third-order valence-electron chi connectivity index (χ3n) is 9.46. The predicted octanol–water partition coefficient (Wildman–Crippen LogP) is 1.81. The molecule has 2 N–H and O–H groups in total. The van der Waals surface area contributed by atoms with E-state index in [1.54, 1.807) is 56.8 Å². The van der Waals surface area contributed by atoms with E-state index in [9.17, 15) is 29.6 Å². The maximum atomic E-state index is 13.9. The molecule has 3 amide bonds. The summed E-state index contributed by atoms with van der Waals surface area (Å²) in [6.45, 7) is 1.54. The lowest BCUT2D eigenvalue weighted by Crippen LogP contribution is -3.00. The average molecular weight is 616 g/mol. The number of carbonyl (C=O) groups excluding carboxylic acids is 3. The number of fused-ring (bicyclic) bond motifs is 9. The first-order chi connectivity index (χ1) is 21.7. The summed E-state index contributed by atoms with van der Waals surface area (Å²) in [6, 6.07) is 13.6. The van der Waals surface area contributed by atoms with E-state index in [1.165, 1.54) is 20.3 Å². The van der Waals surface area contributed by atoms with Crippen molar-refractivity contribution in [2.45, 2.75) is 37.9 Å². The van der Waals surface area contributed by atoms with Crippen molar-refractivity contribution in [3.63, 3.8) is 0 Å². The maximum Gasteiger partial charge on any atom is 0.315 e. The number of hydrogen-bond donors (Lipinski definition) is 2. The first kappa shape index (κ1) is 29.0. The minimum absolute atomic E-state index is 0.0429. The van der Waals surface area contributed by atoms with Gasteiger partial charge in [0.2, 0.25) is 11.6 Å². The quantitative estimate of drug-likeness (QED) is 0.383. The third kappa shape index (κ3) is 4.49. The standard InChI is InChI=1S/C32H33N5O8/c1-44-25-12-9-21-27(28(25)45-2)32(41)36-23-7-4-3-6-20(23)30(39)34(29(21)36)13-5-8-26(38)33-15-18-14-19(17-33)22-10-11-24(37(42)43)31(40)35(22)16-18/h3-4,6-7,9-12,18-19,29,37,42H,5,8,13-17H2,1-2H3. The Morgan fingerprint density at radius 2 is 1.80 bits per heavy atom. The highest BCUT2D eigenvalue weighted by Crippen LogP contribution is 2.49. The molecule has 13 heteroatoms. The van der Waals surface area contributed by atoms with Gasteiger partial charge in [-0.1, -0.05) is 18.2 Å². The number of hydrogen-bond acceptors (Lipinski definition) is 8. The van der Waals surface area contributed by atoms with Crippen LogP contribution >= 0.6 is 0 Å². The van der Waals surface area contributed by atoms with Gasteiger partial charge >= 0.3 is 5.56 Å². The lowest BCUT2D eigenvalue weighted by Gasteiger charge is -2.43. The summed E-state index contributed by atoms with van der Waals surface area (Å²) in [4.78, 5) is 59.1. The van der Waals surface area contributed by atoms with E-state index in [-0.39, 0.29) is 48.2 Å². The molecule has 4 atom stereocenters. The van der Waals surface area contributed by atoms with Crippen LogP contribution in [0.3, 0.4) is 0 Å². The smallest absolute Gasteiger partial charge is 0.315 e. The van der Waals surface area contributed by atoms with Gasteiger partial charge in [-0.2, -0.15) is 5.23 Å². The molecule has 2 aromatic carbocycles. The summed E-state index contributed by atoms with van der Waals surface area (Å²) in [5.41, 5.74) is 1.93. The number of quaternary nitrogens is 1. The Balaban J connectivity index is 1.10. The van der Waals surface area contributed by atoms with E-state index in [0.29, 0.717) is 59.9 Å². The molecule has 3 aromatic rings. The number of ether oxygens (including phenoxy) is 2. The Kier molecular flexibility index (Phi) is 7.10. The van der Waals surface area contributed by atoms with Crippen LogP contribution in [0.5, 0.6) is 11.5 Å². The van der Waals surface area contributed by atoms with Crippen molar-refractivity contribution in [2.75, 3.05) is 38.8 Å². The molecule has 0 spiro atoms. The fraction of sp³-hybridized carbons (Fsp3) is 0.375. The van der Waals surface area contributed by atoms with Gasteiger partial charge in [0.05, 0.1) is 31.0 Å². The van der Waals surface area contributed by atoms with Crippen LogP contribution in [0, 0.1) is 11.1 Å². The Hall–Kier alpha value is -4.72. The third-order valence-corrected chi connectivity index (χ3v) is 9.46. The summed E-state index contributed by atoms with van der Waals surface area (Å²) >= 11 is 0. The van der Waals surface area contributed by atoms with Gasteiger partial charge in [0, 0.05) is 55.8 Å². The van der Waals surface area contributed by atoms with Gasteiger partial charge in [0.15, 0.2) is 11.5 Å². The molecule has 45 heavy (non-hydrogen) atoms. The summed E-state index contributed by atoms with van der Waals surface area (Å²) in [5.74, 6) is 0.169. The van der Waals surface area contributed by atoms with E-state index in [1.807, 2.05) is 4.90 Å². The minimum atomic E-state index is -1.24. The van der Waals surface area contributed by atoms with E-state index in [0.717, 1.165) is 12.1 Å². The summed E-state index contributed by atoms with van der Waals surface area (Å²) in [6.07, 6.45) is 0.730. The second-order valence-corrected chi connectivity index (χ2v) is 11.9. The molecule has 13 nitrogen and oxygen atoms in total. The molecule has 1 fully saturated rings. The number of piperidine rings is 1. The molecule has 5 heterocycles. The SMILES string of the molecule is COc1ccc2c(c1OC)C(=O)N1c3ccccc3C(=O)N(CCCC(=O)N3CC4CC(C3)c3ccc([NH+]([O-])O)c(=O)n3C4)C21. The van der Waals surface area contributed by atoms with Crippen LogP contribution in [0.2, 0.25) is 0 Å². The second-order valence-electron chi connectivity index (χ2n) is 11.9. The predicted molar refractivity (Wildman–Crippen MR) is 160 cm³/mol. The minimum Gasteiger partial charge on any atom is -0.595 e. The van der Waals surface area contributed by atoms with Crippen molar-refractivity contribution in [2.24, 2.45) is 5.92 Å². The molecule has 4 aliphatic heterocycles. The zero-order valence-electron chi connectivity index (χ0n) is 24.9. The fourth-order valence-electron chi connectivity index (χ4n) is 7.52. The number of para-hydroxylation sites is 1. The number of anilines is 1. The number of likely N-dealkylation sites (tertiary alicyclic amines) is 1. The van der Waals surface area contributed by atoms with Crippen molar-refractivity contribution in [1.29, 1.82) is 0 Å². The van der Waals surface area contributed by atoms with Gasteiger partial charge in [0.1, 0.15) is 6.17 Å². The van der Waals surface area contributed by atoms with Crippen molar-refractivity contribution < 1.29 is 34.3 Å². The molecule has 4 unspecified atom stereocenters. The molecule has 2 bridgehead atoms. The van der Waals surface area contributed by atoms with Crippen molar-refractivity contribution >= 4 is 29.1 Å². The first-order valence-corrected chi connectivity index (χ1v) is 15.0. The number of carbonyl (C=O) groups is 3. The number of nitrogens with one attached hydrogen (secondary N) is 1. The highest BCUT2D eigenvalue weighted by atomic mass is 16.8. The van der Waals surface area contributed by atoms with Gasteiger partial charge in [-0.25, -0.2) is 5.21 Å². The lowest BCUT2D eigenvalue weighted by molar-refractivity contribution is -0.992. The molecular formula is C32H33N5O8. The Bertz CT molecular complexity index is 1790. The molecule has 7 rings (SSSR count). The summed E-state index contributed by atoms with van der Waals surface area (Å²) in [5, 5.41) is 19.6. The molecule has 1 saturated heterocycles. The van der Waals surface area contributed by atoms with Gasteiger partial charge < -0.3 is 29.0 Å². The number of nitrogens with zero attached hydrogens (tertiary/aromatic N) is 4. The van der Waals surface area contributed by atoms with E-state index < -0.39 is 17.0 Å². The zero-order valence-corrected chi connectivity index (χ0v) is 24.9. The molecule has 234 valence electrons. The average Bonchev–Trinajstić information content (AvgIpc) is 3.34. The topological polar surface area (TPSA) is 149 Å². The fourth-order valence-corrected chi connectivity index (χ4v) is 7.52. The number of amides is 3. The highest BCUT2D eigenvalue weighted by Gasteiger charge is 2.49. The van der Waals surface area contributed by atoms with Gasteiger partial charge in [-0.15, -0.1) is 0 Å². The van der Waals surface area contributed by atoms with Gasteiger partial charge in [-0.3, -0.25) is 24.1 Å². The van der Waals surface area contributed by atoms with Crippen LogP contribution in [-0.4, -0.2) is 71.1 Å². The molecular weight excluding hydrogens is 582 g/mol. The highest BCUT2D eigenvalue weighted by molar-refractivity contribution is 6.18. The van der Waals surface area contributed by atoms with Gasteiger partial charge in [-0.05, 0) is 43.0 Å². The van der Waals surface area contributed by atoms with E-state index in [2.05, 4.69) is 0 Å². The molecule has 0 radical (unpaired) electrons. The van der Waals surface area contributed by atoms with E-state index in [4.69, 9.17) is 9.47 Å². The molecule has 1 aromatic heterocycles. The van der Waals surface area contributed by atoms with E-state index >= 15 is 0 Å². The van der Waals surface area contributed by atoms with Crippen molar-refractivity contribution in [3.05, 3.63) is 86.5 Å². The van der Waals surface area contributed by atoms with Crippen LogP contribution in [0.15, 0.2) is 53.3 Å². The number of aromatic nitrogens is 1. The monoisotopic (exact) mass is 615 g/mol.